The smallest absolute Gasteiger partial charge is 0.348 e. The molecule has 4 aliphatic carbocycles. The second kappa shape index (κ2) is 21.9. The highest BCUT2D eigenvalue weighted by Gasteiger charge is 2.58. The fourth-order valence-electron chi connectivity index (χ4n) is 10.7. The summed E-state index contributed by atoms with van der Waals surface area (Å²) in [7, 11) is 0. The van der Waals surface area contributed by atoms with Crippen LogP contribution in [-0.2, 0) is 100.0 Å². The van der Waals surface area contributed by atoms with E-state index in [1.54, 1.807) is 0 Å². The third-order valence-corrected chi connectivity index (χ3v) is 15.0. The van der Waals surface area contributed by atoms with Crippen molar-refractivity contribution in [2.75, 3.05) is 0 Å². The molecule has 6 spiro atoms. The monoisotopic (exact) mass is 1120 g/mol. The summed E-state index contributed by atoms with van der Waals surface area (Å²) in [6.07, 6.45) is 24.6. The molecule has 6 heterocycles. The van der Waals surface area contributed by atoms with Gasteiger partial charge < -0.3 is 72.2 Å². The quantitative estimate of drug-likeness (QED) is 0.0712. The van der Waals surface area contributed by atoms with E-state index in [0.29, 0.717) is 25.7 Å². The Morgan fingerprint density at radius 3 is 0.691 bits per heavy atom. The maximum atomic E-state index is 13.1. The minimum Gasteiger partial charge on any atom is -0.480 e. The second-order valence-electron chi connectivity index (χ2n) is 20.5. The average Bonchev–Trinajstić information content (AvgIpc) is 3.40. The Morgan fingerprint density at radius 2 is 0.457 bits per heavy atom. The fourth-order valence-corrected chi connectivity index (χ4v) is 10.7. The molecule has 24 heteroatoms. The van der Waals surface area contributed by atoms with E-state index in [2.05, 4.69) is 0 Å². The first kappa shape index (κ1) is 55.2. The van der Waals surface area contributed by atoms with Crippen LogP contribution in [0.15, 0.2) is 142 Å². The molecule has 426 valence electrons. The van der Waals surface area contributed by atoms with E-state index in [1.165, 1.54) is 79.0 Å². The molecule has 3 N–H and O–H groups in total. The molecule has 10 aliphatic rings. The highest BCUT2D eigenvalue weighted by Crippen LogP contribution is 2.48. The third-order valence-electron chi connectivity index (χ3n) is 15.0. The van der Waals surface area contributed by atoms with E-state index >= 15 is 0 Å². The first-order valence-electron chi connectivity index (χ1n) is 26.4. The SMILES string of the molecule is O=C1OC2(CCCCC2)OC(=O)C1=CC=CC=CC1=C(O)OC2(CCC3(CC2)OC(=O)C(=CC=CC=CC2=C(O)OC4(CCC5(CC4)OC(=O)C(C=CC=CC=C4C(=O)OC6(CCCCC6)OC4=O)=C(O)O5)OC2=O)C(=O)O3)OC1=O. The molecule has 3 saturated heterocycles. The number of carbonyl (C=O) groups is 9. The summed E-state index contributed by atoms with van der Waals surface area (Å²) in [6.45, 7) is 0. The van der Waals surface area contributed by atoms with Gasteiger partial charge in [0, 0.05) is 77.0 Å². The molecule has 0 amide bonds. The van der Waals surface area contributed by atoms with Gasteiger partial charge in [0.25, 0.3) is 52.6 Å². The molecule has 0 bridgehead atoms. The summed E-state index contributed by atoms with van der Waals surface area (Å²) in [5, 5.41) is 32.2. The number of ether oxygens (including phenoxy) is 12. The Labute approximate surface area is 460 Å². The number of allylic oxidation sites excluding steroid dienone is 12. The standard InChI is InChI=1S/C57H54O24/c58-40-34(41(59)71-52(70-40)22-12-4-13-23-52)16-6-1-8-18-36-44(62)74-54(75-45(36)63)26-30-56(31-27-54)78-48(66)38(49(67)79-56)20-10-3-11-21-39-50(68)80-57(81-51(39)69)32-28-55(29-33-57)76-46(64)37(47(65)77-55)19-9-2-7-17-35-42(60)72-53(73-43(35)61)24-14-5-15-25-53/h1-3,6-11,16-21,62,64,66H,4-5,12-15,22-33H2. The van der Waals surface area contributed by atoms with Crippen LogP contribution in [0.4, 0.5) is 0 Å². The number of hydrogen-bond acceptors (Lipinski definition) is 24. The lowest BCUT2D eigenvalue weighted by atomic mass is 9.87. The van der Waals surface area contributed by atoms with Crippen LogP contribution >= 0.6 is 0 Å². The zero-order chi connectivity index (χ0) is 57.2. The van der Waals surface area contributed by atoms with Crippen molar-refractivity contribution in [3.05, 3.63) is 142 Å². The number of aliphatic hydroxyl groups is 3. The van der Waals surface area contributed by atoms with Gasteiger partial charge in [-0.3, -0.25) is 0 Å². The highest BCUT2D eigenvalue weighted by molar-refractivity contribution is 6.17. The van der Waals surface area contributed by atoms with Gasteiger partial charge in [0.2, 0.25) is 0 Å². The van der Waals surface area contributed by atoms with Crippen LogP contribution in [0.1, 0.15) is 116 Å². The second-order valence-corrected chi connectivity index (χ2v) is 20.5. The van der Waals surface area contributed by atoms with Crippen molar-refractivity contribution in [1.82, 2.24) is 0 Å². The van der Waals surface area contributed by atoms with Gasteiger partial charge in [0.15, 0.2) is 0 Å². The van der Waals surface area contributed by atoms with E-state index in [9.17, 15) is 58.5 Å². The maximum absolute atomic E-state index is 13.1. The van der Waals surface area contributed by atoms with Crippen LogP contribution in [-0.4, -0.2) is 104 Å². The summed E-state index contributed by atoms with van der Waals surface area (Å²) in [5.41, 5.74) is -2.12. The van der Waals surface area contributed by atoms with Crippen molar-refractivity contribution in [3.8, 4) is 0 Å². The van der Waals surface area contributed by atoms with Crippen molar-refractivity contribution < 1.29 is 115 Å². The number of carbonyl (C=O) groups excluding carboxylic acids is 9. The predicted molar refractivity (Wildman–Crippen MR) is 266 cm³/mol. The molecular weight excluding hydrogens is 1070 g/mol. The Bertz CT molecular complexity index is 3050. The molecule has 0 aromatic carbocycles. The van der Waals surface area contributed by atoms with Crippen molar-refractivity contribution >= 4 is 53.7 Å². The molecule has 10 rings (SSSR count). The van der Waals surface area contributed by atoms with Crippen molar-refractivity contribution in [3.63, 3.8) is 0 Å². The van der Waals surface area contributed by atoms with Crippen molar-refractivity contribution in [1.29, 1.82) is 0 Å². The Kier molecular flexibility index (Phi) is 14.9. The fraction of sp³-hybridized carbons (Fsp3) is 0.421. The van der Waals surface area contributed by atoms with Crippen molar-refractivity contribution in [2.45, 2.75) is 150 Å². The molecule has 24 nitrogen and oxygen atoms in total. The summed E-state index contributed by atoms with van der Waals surface area (Å²) in [5.74, 6) is -19.5. The summed E-state index contributed by atoms with van der Waals surface area (Å²) >= 11 is 0. The van der Waals surface area contributed by atoms with Crippen LogP contribution in [0.2, 0.25) is 0 Å². The molecule has 7 fully saturated rings. The van der Waals surface area contributed by atoms with Crippen LogP contribution in [0, 0.1) is 0 Å². The van der Waals surface area contributed by atoms with Gasteiger partial charge in [-0.2, -0.15) is 0 Å². The summed E-state index contributed by atoms with van der Waals surface area (Å²) in [6, 6.07) is 0. The first-order chi connectivity index (χ1) is 38.8. The Balaban J connectivity index is 0.671. The van der Waals surface area contributed by atoms with Crippen LogP contribution in [0.5, 0.6) is 0 Å². The minimum absolute atomic E-state index is 0.130. The zero-order valence-corrected chi connectivity index (χ0v) is 43.3. The molecule has 0 aromatic heterocycles. The van der Waals surface area contributed by atoms with Crippen LogP contribution < -0.4 is 0 Å². The van der Waals surface area contributed by atoms with Gasteiger partial charge in [-0.1, -0.05) is 67.5 Å². The zero-order valence-electron chi connectivity index (χ0n) is 43.3. The highest BCUT2D eigenvalue weighted by atomic mass is 16.8. The number of esters is 9. The lowest BCUT2D eigenvalue weighted by Crippen LogP contribution is -2.54. The number of aliphatic hydroxyl groups excluding tert-OH is 3. The van der Waals surface area contributed by atoms with E-state index in [4.69, 9.17) is 56.8 Å². The Hall–Kier alpha value is -9.09. The third kappa shape index (κ3) is 11.5. The molecule has 4 saturated carbocycles. The van der Waals surface area contributed by atoms with Crippen molar-refractivity contribution in [2.24, 2.45) is 0 Å². The molecule has 0 unspecified atom stereocenters. The van der Waals surface area contributed by atoms with E-state index in [1.807, 2.05) is 0 Å². The maximum Gasteiger partial charge on any atom is 0.348 e. The average molecular weight is 1120 g/mol. The van der Waals surface area contributed by atoms with Gasteiger partial charge >= 0.3 is 53.7 Å². The topological polar surface area (TPSA) is 325 Å². The molecule has 0 atom stereocenters. The lowest BCUT2D eigenvalue weighted by Gasteiger charge is -2.46. The molecule has 6 aliphatic heterocycles. The number of rotatable bonds is 9. The largest absolute Gasteiger partial charge is 0.480 e. The predicted octanol–water partition coefficient (Wildman–Crippen LogP) is 6.69. The minimum atomic E-state index is -1.73. The Morgan fingerprint density at radius 1 is 0.247 bits per heavy atom. The van der Waals surface area contributed by atoms with Gasteiger partial charge in [-0.05, 0) is 62.1 Å². The molecule has 0 radical (unpaired) electrons. The summed E-state index contributed by atoms with van der Waals surface area (Å²) < 4.78 is 66.7. The summed E-state index contributed by atoms with van der Waals surface area (Å²) in [4.78, 5) is 116. The molecule has 81 heavy (non-hydrogen) atoms. The van der Waals surface area contributed by atoms with E-state index in [0.717, 1.165) is 50.7 Å². The van der Waals surface area contributed by atoms with E-state index < -0.39 is 112 Å². The van der Waals surface area contributed by atoms with Gasteiger partial charge in [-0.25, -0.2) is 43.2 Å². The number of hydrogen-bond donors (Lipinski definition) is 3. The van der Waals surface area contributed by atoms with E-state index in [-0.39, 0.29) is 79.2 Å². The van der Waals surface area contributed by atoms with Gasteiger partial charge in [0.1, 0.15) is 33.4 Å². The molecular formula is C57H54O24. The van der Waals surface area contributed by atoms with Gasteiger partial charge in [-0.15, -0.1) is 0 Å². The van der Waals surface area contributed by atoms with Crippen LogP contribution in [0.3, 0.4) is 0 Å². The lowest BCUT2D eigenvalue weighted by molar-refractivity contribution is -0.302. The molecule has 0 aromatic rings. The normalized spacial score (nSPS) is 25.8. The first-order valence-corrected chi connectivity index (χ1v) is 26.4. The van der Waals surface area contributed by atoms with Crippen LogP contribution in [0.25, 0.3) is 0 Å². The van der Waals surface area contributed by atoms with Gasteiger partial charge in [0.05, 0.1) is 0 Å².